The molecule has 0 aliphatic carbocycles. The highest BCUT2D eigenvalue weighted by Crippen LogP contribution is 2.34. The van der Waals surface area contributed by atoms with Crippen molar-refractivity contribution in [3.05, 3.63) is 47.2 Å². The van der Waals surface area contributed by atoms with Gasteiger partial charge >= 0.3 is 0 Å². The Morgan fingerprint density at radius 2 is 2.12 bits per heavy atom. The molecular weight excluding hydrogens is 224 g/mol. The summed E-state index contributed by atoms with van der Waals surface area (Å²) in [5.74, 6) is 1.15. The second kappa shape index (κ2) is 4.41. The van der Waals surface area contributed by atoms with Crippen molar-refractivity contribution in [1.29, 1.82) is 0 Å². The molecule has 2 N–H and O–H groups in total. The van der Waals surface area contributed by atoms with Crippen LogP contribution in [0.15, 0.2) is 36.5 Å². The van der Waals surface area contributed by atoms with Gasteiger partial charge in [-0.3, -0.25) is 4.98 Å². The average molecular weight is 235 g/mol. The number of nitrogen functional groups attached to an aromatic ring is 1. The molecule has 0 spiro atoms. The minimum Gasteiger partial charge on any atom is -0.453 e. The molecule has 0 radical (unpaired) electrons. The van der Waals surface area contributed by atoms with Crippen LogP contribution in [-0.4, -0.2) is 4.98 Å². The van der Waals surface area contributed by atoms with Crippen molar-refractivity contribution >= 4 is 17.3 Å². The van der Waals surface area contributed by atoms with Crippen LogP contribution < -0.4 is 10.5 Å². The average Bonchev–Trinajstić information content (AvgIpc) is 2.24. The fraction of sp³-hybridized carbons (Fsp3) is 0.0833. The van der Waals surface area contributed by atoms with Gasteiger partial charge in [0.2, 0.25) is 0 Å². The van der Waals surface area contributed by atoms with Crippen LogP contribution >= 0.6 is 11.6 Å². The van der Waals surface area contributed by atoms with Crippen molar-refractivity contribution in [3.8, 4) is 11.5 Å². The largest absolute Gasteiger partial charge is 0.453 e. The Morgan fingerprint density at radius 1 is 1.31 bits per heavy atom. The van der Waals surface area contributed by atoms with E-state index in [1.165, 1.54) is 0 Å². The smallest absolute Gasteiger partial charge is 0.168 e. The van der Waals surface area contributed by atoms with E-state index in [1.54, 1.807) is 30.5 Å². The first-order chi connectivity index (χ1) is 7.66. The maximum Gasteiger partial charge on any atom is 0.168 e. The number of ether oxygens (including phenoxy) is 1. The molecule has 0 unspecified atom stereocenters. The Bertz CT molecular complexity index is 494. The van der Waals surface area contributed by atoms with E-state index < -0.39 is 0 Å². The van der Waals surface area contributed by atoms with Crippen LogP contribution in [0.3, 0.4) is 0 Å². The highest BCUT2D eigenvalue weighted by molar-refractivity contribution is 6.32. The van der Waals surface area contributed by atoms with Crippen LogP contribution in [0.1, 0.15) is 5.69 Å². The highest BCUT2D eigenvalue weighted by atomic mass is 35.5. The maximum absolute atomic E-state index is 6.00. The molecule has 2 rings (SSSR count). The van der Waals surface area contributed by atoms with Crippen LogP contribution in [0, 0.1) is 6.92 Å². The van der Waals surface area contributed by atoms with Crippen LogP contribution in [0.5, 0.6) is 11.5 Å². The van der Waals surface area contributed by atoms with Gasteiger partial charge in [-0.2, -0.15) is 0 Å². The molecular formula is C12H11ClN2O. The zero-order valence-corrected chi connectivity index (χ0v) is 9.53. The van der Waals surface area contributed by atoms with Gasteiger partial charge in [-0.15, -0.1) is 0 Å². The van der Waals surface area contributed by atoms with Gasteiger partial charge in [-0.25, -0.2) is 0 Å². The van der Waals surface area contributed by atoms with Gasteiger partial charge in [-0.1, -0.05) is 17.7 Å². The van der Waals surface area contributed by atoms with Crippen molar-refractivity contribution in [1.82, 2.24) is 4.98 Å². The van der Waals surface area contributed by atoms with Gasteiger partial charge in [0.15, 0.2) is 5.75 Å². The molecule has 0 atom stereocenters. The van der Waals surface area contributed by atoms with Crippen molar-refractivity contribution in [2.75, 3.05) is 5.73 Å². The third-order valence-electron chi connectivity index (χ3n) is 2.09. The number of halogens is 1. The first-order valence-electron chi connectivity index (χ1n) is 4.81. The number of rotatable bonds is 2. The van der Waals surface area contributed by atoms with Crippen LogP contribution in [0.25, 0.3) is 0 Å². The number of hydrogen-bond acceptors (Lipinski definition) is 3. The predicted octanol–water partition coefficient (Wildman–Crippen LogP) is 3.42. The lowest BCUT2D eigenvalue weighted by atomic mass is 10.3. The monoisotopic (exact) mass is 234 g/mol. The van der Waals surface area contributed by atoms with Gasteiger partial charge in [0, 0.05) is 18.0 Å². The van der Waals surface area contributed by atoms with E-state index in [0.29, 0.717) is 22.2 Å². The van der Waals surface area contributed by atoms with Crippen molar-refractivity contribution in [2.45, 2.75) is 6.92 Å². The molecule has 16 heavy (non-hydrogen) atoms. The lowest BCUT2D eigenvalue weighted by molar-refractivity contribution is 0.484. The first kappa shape index (κ1) is 10.8. The van der Waals surface area contributed by atoms with Crippen molar-refractivity contribution in [3.63, 3.8) is 0 Å². The van der Waals surface area contributed by atoms with E-state index >= 15 is 0 Å². The SMILES string of the molecule is Cc1cc(Oc2c(N)cccc2Cl)ccn1. The summed E-state index contributed by atoms with van der Waals surface area (Å²) in [5, 5.41) is 0.495. The Balaban J connectivity index is 2.34. The number of para-hydroxylation sites is 1. The third-order valence-corrected chi connectivity index (χ3v) is 2.38. The molecule has 0 fully saturated rings. The molecule has 1 aromatic heterocycles. The van der Waals surface area contributed by atoms with Crippen molar-refractivity contribution < 1.29 is 4.74 Å². The molecule has 4 heteroatoms. The standard InChI is InChI=1S/C12H11ClN2O/c1-8-7-9(5-6-15-8)16-12-10(13)3-2-4-11(12)14/h2-7H,14H2,1H3. The van der Waals surface area contributed by atoms with Crippen LogP contribution in [0.2, 0.25) is 5.02 Å². The zero-order chi connectivity index (χ0) is 11.5. The van der Waals surface area contributed by atoms with Gasteiger partial charge < -0.3 is 10.5 Å². The molecule has 0 amide bonds. The minimum absolute atomic E-state index is 0.481. The highest BCUT2D eigenvalue weighted by Gasteiger charge is 2.06. The number of benzene rings is 1. The second-order valence-electron chi connectivity index (χ2n) is 3.39. The van der Waals surface area contributed by atoms with E-state index in [0.717, 1.165) is 5.69 Å². The Labute approximate surface area is 98.8 Å². The number of pyridine rings is 1. The summed E-state index contributed by atoms with van der Waals surface area (Å²) in [6.45, 7) is 1.89. The zero-order valence-electron chi connectivity index (χ0n) is 8.77. The van der Waals surface area contributed by atoms with Gasteiger partial charge in [0.05, 0.1) is 10.7 Å². The number of nitrogens with zero attached hydrogens (tertiary/aromatic N) is 1. The molecule has 1 heterocycles. The molecule has 82 valence electrons. The summed E-state index contributed by atoms with van der Waals surface area (Å²) in [6, 6.07) is 8.84. The maximum atomic E-state index is 6.00. The summed E-state index contributed by atoms with van der Waals surface area (Å²) in [5.41, 5.74) is 7.18. The number of nitrogens with two attached hydrogens (primary N) is 1. The summed E-state index contributed by atoms with van der Waals surface area (Å²) >= 11 is 6.00. The van der Waals surface area contributed by atoms with Crippen LogP contribution in [0.4, 0.5) is 5.69 Å². The molecule has 3 nitrogen and oxygen atoms in total. The predicted molar refractivity (Wildman–Crippen MR) is 64.9 cm³/mol. The Hall–Kier alpha value is -1.74. The van der Waals surface area contributed by atoms with E-state index in [1.807, 2.05) is 13.0 Å². The van der Waals surface area contributed by atoms with Gasteiger partial charge in [0.25, 0.3) is 0 Å². The Morgan fingerprint density at radius 3 is 2.81 bits per heavy atom. The van der Waals surface area contributed by atoms with E-state index in [2.05, 4.69) is 4.98 Å². The van der Waals surface area contributed by atoms with Gasteiger partial charge in [0.1, 0.15) is 5.75 Å². The number of anilines is 1. The topological polar surface area (TPSA) is 48.1 Å². The van der Waals surface area contributed by atoms with E-state index in [9.17, 15) is 0 Å². The van der Waals surface area contributed by atoms with Crippen molar-refractivity contribution in [2.24, 2.45) is 0 Å². The lowest BCUT2D eigenvalue weighted by Gasteiger charge is -2.10. The number of hydrogen-bond donors (Lipinski definition) is 1. The minimum atomic E-state index is 0.481. The van der Waals surface area contributed by atoms with Crippen LogP contribution in [-0.2, 0) is 0 Å². The summed E-state index contributed by atoms with van der Waals surface area (Å²) in [4.78, 5) is 4.08. The summed E-state index contributed by atoms with van der Waals surface area (Å²) in [7, 11) is 0. The quantitative estimate of drug-likeness (QED) is 0.810. The molecule has 0 aliphatic rings. The molecule has 0 aliphatic heterocycles. The molecule has 0 saturated heterocycles. The number of aryl methyl sites for hydroxylation is 1. The molecule has 1 aromatic carbocycles. The number of aromatic nitrogens is 1. The molecule has 2 aromatic rings. The fourth-order valence-electron chi connectivity index (χ4n) is 1.33. The lowest BCUT2D eigenvalue weighted by Crippen LogP contribution is -1.93. The summed E-state index contributed by atoms with van der Waals surface area (Å²) < 4.78 is 5.62. The normalized spacial score (nSPS) is 10.1. The van der Waals surface area contributed by atoms with E-state index in [4.69, 9.17) is 22.1 Å². The second-order valence-corrected chi connectivity index (χ2v) is 3.80. The molecule has 0 saturated carbocycles. The third kappa shape index (κ3) is 2.25. The Kier molecular flexibility index (Phi) is 2.97. The first-order valence-corrected chi connectivity index (χ1v) is 5.19. The fourth-order valence-corrected chi connectivity index (χ4v) is 1.55. The van der Waals surface area contributed by atoms with Gasteiger partial charge in [-0.05, 0) is 25.1 Å². The molecule has 0 bridgehead atoms. The summed E-state index contributed by atoms with van der Waals surface area (Å²) in [6.07, 6.45) is 1.68. The van der Waals surface area contributed by atoms with E-state index in [-0.39, 0.29) is 0 Å².